The van der Waals surface area contributed by atoms with E-state index in [2.05, 4.69) is 10.6 Å². The van der Waals surface area contributed by atoms with Crippen LogP contribution in [-0.2, 0) is 40.0 Å². The molecule has 16 nitrogen and oxygen atoms in total. The molecule has 0 heterocycles. The van der Waals surface area contributed by atoms with E-state index in [4.69, 9.17) is 16.6 Å². The first-order valence-corrected chi connectivity index (χ1v) is 11.6. The molecule has 0 aliphatic heterocycles. The lowest BCUT2D eigenvalue weighted by Crippen LogP contribution is -2.58. The largest absolute Gasteiger partial charge is 0.508 e. The van der Waals surface area contributed by atoms with Crippen molar-refractivity contribution in [3.63, 3.8) is 0 Å². The van der Waals surface area contributed by atoms with Crippen LogP contribution >= 0.6 is 0 Å². The van der Waals surface area contributed by atoms with Crippen LogP contribution in [0.4, 0.5) is 0 Å². The Balaban J connectivity index is 3.14. The monoisotopic (exact) mass is 553 g/mol. The van der Waals surface area contributed by atoms with Gasteiger partial charge in [0.05, 0.1) is 12.5 Å². The predicted molar refractivity (Wildman–Crippen MR) is 131 cm³/mol. The summed E-state index contributed by atoms with van der Waals surface area (Å²) in [6.45, 7) is 0. The molecule has 1 aromatic rings. The molecule has 0 bridgehead atoms. The van der Waals surface area contributed by atoms with E-state index in [9.17, 15) is 48.9 Å². The normalized spacial score (nSPS) is 13.7. The topological polar surface area (TPSA) is 289 Å². The highest BCUT2D eigenvalue weighted by Gasteiger charge is 2.32. The fraction of sp³-hybridized carbons (Fsp3) is 0.435. The van der Waals surface area contributed by atoms with E-state index in [1.807, 2.05) is 5.32 Å². The van der Waals surface area contributed by atoms with E-state index >= 15 is 0 Å². The molecule has 0 spiro atoms. The standard InChI is InChI=1S/C23H31N5O11/c24-13(5-7-17(25)30)20(35)27-15(9-11-1-3-12(29)4-2-11)21(36)28-16(10-19(33)34)22(37)26-14(23(38)39)6-8-18(31)32/h1-4,13-16,29H,5-10,24H2,(H2,25,30)(H,26,37)(H,27,35)(H,28,36)(H,31,32)(H,33,34)(H,38,39). The Labute approximate surface area is 221 Å². The summed E-state index contributed by atoms with van der Waals surface area (Å²) in [4.78, 5) is 82.9. The van der Waals surface area contributed by atoms with Crippen molar-refractivity contribution in [3.05, 3.63) is 29.8 Å². The second-order valence-electron chi connectivity index (χ2n) is 8.53. The van der Waals surface area contributed by atoms with Crippen LogP contribution < -0.4 is 27.4 Å². The molecule has 1 aromatic carbocycles. The zero-order valence-corrected chi connectivity index (χ0v) is 20.7. The number of primary amides is 1. The Morgan fingerprint density at radius 2 is 1.26 bits per heavy atom. The van der Waals surface area contributed by atoms with Crippen molar-refractivity contribution in [1.82, 2.24) is 16.0 Å². The molecule has 11 N–H and O–H groups in total. The molecular formula is C23H31N5O11. The molecule has 0 aromatic heterocycles. The van der Waals surface area contributed by atoms with E-state index in [-0.39, 0.29) is 25.0 Å². The van der Waals surface area contributed by atoms with Gasteiger partial charge in [0, 0.05) is 19.3 Å². The molecule has 0 aliphatic carbocycles. The van der Waals surface area contributed by atoms with Crippen molar-refractivity contribution >= 4 is 41.5 Å². The first-order valence-electron chi connectivity index (χ1n) is 11.6. The van der Waals surface area contributed by atoms with Crippen molar-refractivity contribution in [1.29, 1.82) is 0 Å². The van der Waals surface area contributed by atoms with Crippen LogP contribution in [0, 0.1) is 0 Å². The summed E-state index contributed by atoms with van der Waals surface area (Å²) in [6, 6.07) is -0.638. The van der Waals surface area contributed by atoms with E-state index in [1.165, 1.54) is 24.3 Å². The van der Waals surface area contributed by atoms with Gasteiger partial charge in [0.25, 0.3) is 0 Å². The molecule has 4 amide bonds. The van der Waals surface area contributed by atoms with Gasteiger partial charge in [-0.2, -0.15) is 0 Å². The Kier molecular flexibility index (Phi) is 12.8. The number of hydrogen-bond donors (Lipinski definition) is 9. The van der Waals surface area contributed by atoms with Crippen molar-refractivity contribution in [2.75, 3.05) is 0 Å². The van der Waals surface area contributed by atoms with Gasteiger partial charge in [-0.15, -0.1) is 0 Å². The molecular weight excluding hydrogens is 522 g/mol. The molecule has 0 saturated heterocycles. The van der Waals surface area contributed by atoms with Crippen LogP contribution in [0.3, 0.4) is 0 Å². The molecule has 0 fully saturated rings. The maximum Gasteiger partial charge on any atom is 0.326 e. The Morgan fingerprint density at radius 1 is 0.718 bits per heavy atom. The number of hydrogen-bond acceptors (Lipinski definition) is 9. The number of aromatic hydroxyl groups is 1. The van der Waals surface area contributed by atoms with E-state index in [0.717, 1.165) is 0 Å². The maximum atomic E-state index is 13.1. The Morgan fingerprint density at radius 3 is 1.77 bits per heavy atom. The highest BCUT2D eigenvalue weighted by molar-refractivity contribution is 5.95. The van der Waals surface area contributed by atoms with Crippen LogP contribution in [-0.4, -0.2) is 86.1 Å². The van der Waals surface area contributed by atoms with Crippen molar-refractivity contribution in [3.8, 4) is 5.75 Å². The van der Waals surface area contributed by atoms with Gasteiger partial charge in [-0.1, -0.05) is 12.1 Å². The number of nitrogens with two attached hydrogens (primary N) is 2. The molecule has 1 rings (SSSR count). The number of carbonyl (C=O) groups excluding carboxylic acids is 4. The second-order valence-corrected chi connectivity index (χ2v) is 8.53. The maximum absolute atomic E-state index is 13.1. The van der Waals surface area contributed by atoms with Crippen molar-refractivity contribution < 1.29 is 54.0 Å². The van der Waals surface area contributed by atoms with Crippen LogP contribution in [0.2, 0.25) is 0 Å². The number of carboxylic acid groups (broad SMARTS) is 3. The van der Waals surface area contributed by atoms with Crippen molar-refractivity contribution in [2.24, 2.45) is 11.5 Å². The Bertz CT molecular complexity index is 1080. The van der Waals surface area contributed by atoms with Gasteiger partial charge in [0.2, 0.25) is 23.6 Å². The third kappa shape index (κ3) is 12.4. The minimum absolute atomic E-state index is 0.0775. The van der Waals surface area contributed by atoms with Crippen LogP contribution in [0.15, 0.2) is 24.3 Å². The fourth-order valence-electron chi connectivity index (χ4n) is 3.24. The van der Waals surface area contributed by atoms with Gasteiger partial charge in [-0.05, 0) is 30.5 Å². The SMILES string of the molecule is NC(=O)CCC(N)C(=O)NC(Cc1ccc(O)cc1)C(=O)NC(CC(=O)O)C(=O)NC(CCC(=O)O)C(=O)O. The molecule has 4 atom stereocenters. The summed E-state index contributed by atoms with van der Waals surface area (Å²) in [5.41, 5.74) is 11.2. The lowest BCUT2D eigenvalue weighted by molar-refractivity contribution is -0.144. The molecule has 0 saturated carbocycles. The molecule has 4 unspecified atom stereocenters. The highest BCUT2D eigenvalue weighted by Crippen LogP contribution is 2.12. The third-order valence-corrected chi connectivity index (χ3v) is 5.32. The number of amides is 4. The number of phenols is 1. The van der Waals surface area contributed by atoms with Gasteiger partial charge < -0.3 is 47.8 Å². The van der Waals surface area contributed by atoms with Gasteiger partial charge in [-0.3, -0.25) is 28.8 Å². The zero-order chi connectivity index (χ0) is 29.7. The lowest BCUT2D eigenvalue weighted by atomic mass is 10.0. The number of rotatable bonds is 17. The number of benzene rings is 1. The molecule has 0 aliphatic rings. The first-order chi connectivity index (χ1) is 18.2. The summed E-state index contributed by atoms with van der Waals surface area (Å²) in [5, 5.41) is 43.3. The van der Waals surface area contributed by atoms with Gasteiger partial charge in [0.15, 0.2) is 0 Å². The number of carbonyl (C=O) groups is 7. The fourth-order valence-corrected chi connectivity index (χ4v) is 3.24. The first kappa shape index (κ1) is 32.3. The van der Waals surface area contributed by atoms with E-state index in [1.54, 1.807) is 0 Å². The van der Waals surface area contributed by atoms with E-state index in [0.29, 0.717) is 5.56 Å². The summed E-state index contributed by atoms with van der Waals surface area (Å²) in [7, 11) is 0. The Hall–Kier alpha value is -4.73. The average Bonchev–Trinajstić information content (AvgIpc) is 2.84. The van der Waals surface area contributed by atoms with Crippen LogP contribution in [0.25, 0.3) is 0 Å². The van der Waals surface area contributed by atoms with Crippen LogP contribution in [0.5, 0.6) is 5.75 Å². The molecule has 16 heteroatoms. The highest BCUT2D eigenvalue weighted by atomic mass is 16.4. The van der Waals surface area contributed by atoms with Gasteiger partial charge >= 0.3 is 17.9 Å². The number of nitrogens with one attached hydrogen (secondary N) is 3. The smallest absolute Gasteiger partial charge is 0.326 e. The number of phenolic OH excluding ortho intramolecular Hbond substituents is 1. The number of aliphatic carboxylic acids is 3. The average molecular weight is 554 g/mol. The minimum atomic E-state index is -1.80. The van der Waals surface area contributed by atoms with Gasteiger partial charge in [-0.25, -0.2) is 4.79 Å². The van der Waals surface area contributed by atoms with Crippen LogP contribution in [0.1, 0.15) is 37.7 Å². The third-order valence-electron chi connectivity index (χ3n) is 5.32. The molecule has 214 valence electrons. The van der Waals surface area contributed by atoms with Crippen molar-refractivity contribution in [2.45, 2.75) is 62.7 Å². The summed E-state index contributed by atoms with van der Waals surface area (Å²) >= 11 is 0. The summed E-state index contributed by atoms with van der Waals surface area (Å²) in [6.07, 6.45) is -2.63. The summed E-state index contributed by atoms with van der Waals surface area (Å²) < 4.78 is 0. The quantitative estimate of drug-likeness (QED) is 0.0960. The lowest BCUT2D eigenvalue weighted by Gasteiger charge is -2.24. The molecule has 0 radical (unpaired) electrons. The van der Waals surface area contributed by atoms with E-state index < -0.39 is 85.0 Å². The zero-order valence-electron chi connectivity index (χ0n) is 20.7. The number of carboxylic acids is 3. The molecule has 39 heavy (non-hydrogen) atoms. The van der Waals surface area contributed by atoms with Gasteiger partial charge in [0.1, 0.15) is 23.9 Å². The minimum Gasteiger partial charge on any atom is -0.508 e. The predicted octanol–water partition coefficient (Wildman–Crippen LogP) is -2.59. The second kappa shape index (κ2) is 15.5. The summed E-state index contributed by atoms with van der Waals surface area (Å²) in [5.74, 6) is -8.31.